The van der Waals surface area contributed by atoms with Gasteiger partial charge in [0.2, 0.25) is 0 Å². The van der Waals surface area contributed by atoms with Crippen molar-refractivity contribution in [2.75, 3.05) is 6.61 Å². The predicted octanol–water partition coefficient (Wildman–Crippen LogP) is 3.33. The average molecular weight is 400 g/mol. The van der Waals surface area contributed by atoms with Gasteiger partial charge in [-0.2, -0.15) is 0 Å². The molecule has 3 N–H and O–H groups in total. The van der Waals surface area contributed by atoms with E-state index in [1.807, 2.05) is 19.1 Å². The molecule has 6 nitrogen and oxygen atoms in total. The minimum Gasteiger partial charge on any atom is -0.494 e. The van der Waals surface area contributed by atoms with E-state index >= 15 is 0 Å². The Morgan fingerprint density at radius 3 is 2.25 bits per heavy atom. The van der Waals surface area contributed by atoms with Crippen LogP contribution in [0.5, 0.6) is 5.75 Å². The van der Waals surface area contributed by atoms with Gasteiger partial charge < -0.3 is 4.74 Å². The van der Waals surface area contributed by atoms with E-state index in [4.69, 9.17) is 17.0 Å². The minimum absolute atomic E-state index is 0.00789. The van der Waals surface area contributed by atoms with Gasteiger partial charge in [0.05, 0.1) is 6.61 Å². The second-order valence-electron chi connectivity index (χ2n) is 7.15. The van der Waals surface area contributed by atoms with Crippen LogP contribution < -0.4 is 20.9 Å². The highest BCUT2D eigenvalue weighted by atomic mass is 32.1. The summed E-state index contributed by atoms with van der Waals surface area (Å²) in [6.45, 7) is 8.69. The average Bonchev–Trinajstić information content (AvgIpc) is 2.66. The molecule has 28 heavy (non-hydrogen) atoms. The maximum absolute atomic E-state index is 12.3. The molecule has 0 aromatic heterocycles. The fourth-order valence-electron chi connectivity index (χ4n) is 2.41. The Morgan fingerprint density at radius 1 is 0.964 bits per heavy atom. The Kier molecular flexibility index (Phi) is 7.12. The summed E-state index contributed by atoms with van der Waals surface area (Å²) in [5, 5.41) is 2.50. The monoisotopic (exact) mass is 399 g/mol. The molecule has 2 rings (SSSR count). The lowest BCUT2D eigenvalue weighted by atomic mass is 9.87. The number of ether oxygens (including phenoxy) is 1. The van der Waals surface area contributed by atoms with Gasteiger partial charge in [0.1, 0.15) is 5.75 Å². The summed E-state index contributed by atoms with van der Waals surface area (Å²) in [4.78, 5) is 24.5. The molecule has 0 bridgehead atoms. The molecular weight excluding hydrogens is 374 g/mol. The van der Waals surface area contributed by atoms with Gasteiger partial charge in [-0.15, -0.1) is 0 Å². The van der Waals surface area contributed by atoms with Crippen LogP contribution in [0.3, 0.4) is 0 Å². The van der Waals surface area contributed by atoms with Crippen molar-refractivity contribution in [1.29, 1.82) is 0 Å². The first-order chi connectivity index (χ1) is 13.2. The summed E-state index contributed by atoms with van der Waals surface area (Å²) in [7, 11) is 0. The van der Waals surface area contributed by atoms with Crippen LogP contribution in [0.4, 0.5) is 0 Å². The first-order valence-electron chi connectivity index (χ1n) is 8.96. The van der Waals surface area contributed by atoms with Crippen LogP contribution in [-0.4, -0.2) is 23.5 Å². The molecule has 2 aromatic rings. The van der Waals surface area contributed by atoms with E-state index in [9.17, 15) is 9.59 Å². The van der Waals surface area contributed by atoms with E-state index in [0.29, 0.717) is 23.5 Å². The molecule has 0 fully saturated rings. The normalized spacial score (nSPS) is 10.7. The van der Waals surface area contributed by atoms with E-state index < -0.39 is 5.91 Å². The highest BCUT2D eigenvalue weighted by molar-refractivity contribution is 7.80. The number of rotatable bonds is 4. The molecule has 0 unspecified atom stereocenters. The zero-order valence-electron chi connectivity index (χ0n) is 16.5. The SMILES string of the molecule is CCOc1cccc(C(=O)NC(=S)NNC(=O)c2ccc(C(C)(C)C)cc2)c1. The Hall–Kier alpha value is -2.93. The third-order valence-corrected chi connectivity index (χ3v) is 4.14. The highest BCUT2D eigenvalue weighted by Gasteiger charge is 2.15. The van der Waals surface area contributed by atoms with Crippen molar-refractivity contribution in [2.24, 2.45) is 0 Å². The van der Waals surface area contributed by atoms with Crippen molar-refractivity contribution >= 4 is 29.1 Å². The molecule has 0 atom stereocenters. The van der Waals surface area contributed by atoms with Gasteiger partial charge >= 0.3 is 0 Å². The van der Waals surface area contributed by atoms with Crippen LogP contribution in [0, 0.1) is 0 Å². The molecule has 7 heteroatoms. The summed E-state index contributed by atoms with van der Waals surface area (Å²) in [6.07, 6.45) is 0. The summed E-state index contributed by atoms with van der Waals surface area (Å²) >= 11 is 5.06. The lowest BCUT2D eigenvalue weighted by Gasteiger charge is -2.19. The van der Waals surface area contributed by atoms with Crippen molar-refractivity contribution in [1.82, 2.24) is 16.2 Å². The van der Waals surface area contributed by atoms with Gasteiger partial charge in [0.15, 0.2) is 5.11 Å². The van der Waals surface area contributed by atoms with Crippen LogP contribution in [0.1, 0.15) is 54.0 Å². The molecule has 0 saturated carbocycles. The Balaban J connectivity index is 1.88. The topological polar surface area (TPSA) is 79.5 Å². The standard InChI is InChI=1S/C21H25N3O3S/c1-5-27-17-8-6-7-15(13-17)18(25)22-20(28)24-23-19(26)14-9-11-16(12-10-14)21(2,3)4/h6-13H,5H2,1-4H3,(H,23,26)(H2,22,24,25,28). The Bertz CT molecular complexity index is 858. The van der Waals surface area contributed by atoms with Crippen LogP contribution >= 0.6 is 12.2 Å². The number of hydrogen-bond donors (Lipinski definition) is 3. The van der Waals surface area contributed by atoms with Crippen molar-refractivity contribution in [3.8, 4) is 5.75 Å². The third kappa shape index (κ3) is 6.06. The number of hydrogen-bond acceptors (Lipinski definition) is 4. The third-order valence-electron chi connectivity index (χ3n) is 3.94. The van der Waals surface area contributed by atoms with E-state index in [2.05, 4.69) is 36.9 Å². The smallest absolute Gasteiger partial charge is 0.269 e. The van der Waals surface area contributed by atoms with Gasteiger partial charge in [0.25, 0.3) is 11.8 Å². The lowest BCUT2D eigenvalue weighted by molar-refractivity contribution is 0.0934. The molecule has 0 heterocycles. The van der Waals surface area contributed by atoms with Gasteiger partial charge in [-0.1, -0.05) is 39.0 Å². The van der Waals surface area contributed by atoms with E-state index in [0.717, 1.165) is 5.56 Å². The predicted molar refractivity (Wildman–Crippen MR) is 113 cm³/mol. The second kappa shape index (κ2) is 9.32. The quantitative estimate of drug-likeness (QED) is 0.543. The van der Waals surface area contributed by atoms with Crippen LogP contribution in [0.25, 0.3) is 0 Å². The first-order valence-corrected chi connectivity index (χ1v) is 9.36. The Morgan fingerprint density at radius 2 is 1.64 bits per heavy atom. The molecular formula is C21H25N3O3S. The summed E-state index contributed by atoms with van der Waals surface area (Å²) in [6, 6.07) is 14.1. The number of nitrogens with one attached hydrogen (secondary N) is 3. The molecule has 0 aliphatic heterocycles. The molecule has 0 spiro atoms. The van der Waals surface area contributed by atoms with Gasteiger partial charge in [-0.05, 0) is 60.5 Å². The van der Waals surface area contributed by atoms with Gasteiger partial charge in [-0.3, -0.25) is 25.8 Å². The van der Waals surface area contributed by atoms with Crippen molar-refractivity contribution < 1.29 is 14.3 Å². The number of amides is 2. The molecule has 0 aliphatic carbocycles. The minimum atomic E-state index is -0.400. The van der Waals surface area contributed by atoms with Crippen LogP contribution in [0.2, 0.25) is 0 Å². The van der Waals surface area contributed by atoms with Crippen LogP contribution in [0.15, 0.2) is 48.5 Å². The van der Waals surface area contributed by atoms with Crippen LogP contribution in [-0.2, 0) is 5.41 Å². The largest absolute Gasteiger partial charge is 0.494 e. The van der Waals surface area contributed by atoms with E-state index in [1.165, 1.54) is 0 Å². The lowest BCUT2D eigenvalue weighted by Crippen LogP contribution is -2.48. The second-order valence-corrected chi connectivity index (χ2v) is 7.56. The van der Waals surface area contributed by atoms with Crippen molar-refractivity contribution in [2.45, 2.75) is 33.1 Å². The van der Waals surface area contributed by atoms with E-state index in [-0.39, 0.29) is 16.4 Å². The van der Waals surface area contributed by atoms with E-state index in [1.54, 1.807) is 36.4 Å². The van der Waals surface area contributed by atoms with Crippen molar-refractivity contribution in [3.63, 3.8) is 0 Å². The molecule has 2 aromatic carbocycles. The fourth-order valence-corrected chi connectivity index (χ4v) is 2.55. The highest BCUT2D eigenvalue weighted by Crippen LogP contribution is 2.22. The number of thiocarbonyl (C=S) groups is 1. The number of hydrazine groups is 1. The maximum Gasteiger partial charge on any atom is 0.269 e. The number of carbonyl (C=O) groups is 2. The summed E-state index contributed by atoms with van der Waals surface area (Å²) in [5.74, 6) is -0.153. The molecule has 148 valence electrons. The zero-order valence-corrected chi connectivity index (χ0v) is 17.3. The summed E-state index contributed by atoms with van der Waals surface area (Å²) < 4.78 is 5.37. The zero-order chi connectivity index (χ0) is 20.7. The molecule has 0 saturated heterocycles. The summed E-state index contributed by atoms with van der Waals surface area (Å²) in [5.41, 5.74) is 7.04. The Labute approximate surface area is 170 Å². The number of carbonyl (C=O) groups excluding carboxylic acids is 2. The first kappa shape index (κ1) is 21.4. The maximum atomic E-state index is 12.3. The molecule has 0 aliphatic rings. The van der Waals surface area contributed by atoms with Gasteiger partial charge in [0, 0.05) is 11.1 Å². The van der Waals surface area contributed by atoms with Gasteiger partial charge in [-0.25, -0.2) is 0 Å². The number of benzene rings is 2. The fraction of sp³-hybridized carbons (Fsp3) is 0.286. The van der Waals surface area contributed by atoms with Crippen molar-refractivity contribution in [3.05, 3.63) is 65.2 Å². The molecule has 2 amide bonds. The molecule has 0 radical (unpaired) electrons.